The van der Waals surface area contributed by atoms with Crippen LogP contribution in [0.1, 0.15) is 51.6 Å². The number of anilines is 1. The highest BCUT2D eigenvalue weighted by Crippen LogP contribution is 2.31. The third kappa shape index (κ3) is 7.31. The van der Waals surface area contributed by atoms with E-state index in [1.54, 1.807) is 12.0 Å². The number of carbonyl (C=O) groups is 2. The van der Waals surface area contributed by atoms with Crippen LogP contribution in [0.25, 0.3) is 0 Å². The van der Waals surface area contributed by atoms with Crippen molar-refractivity contribution in [2.24, 2.45) is 0 Å². The van der Waals surface area contributed by atoms with E-state index >= 15 is 0 Å². The van der Waals surface area contributed by atoms with Crippen LogP contribution >= 0.6 is 0 Å². The van der Waals surface area contributed by atoms with E-state index in [4.69, 9.17) is 14.7 Å². The van der Waals surface area contributed by atoms with Crippen molar-refractivity contribution in [2.45, 2.75) is 52.2 Å². The fraction of sp³-hybridized carbons (Fsp3) is 0.400. The Kier molecular flexibility index (Phi) is 9.55. The summed E-state index contributed by atoms with van der Waals surface area (Å²) in [4.78, 5) is 26.8. The van der Waals surface area contributed by atoms with Crippen molar-refractivity contribution in [3.8, 4) is 17.6 Å². The van der Waals surface area contributed by atoms with Crippen LogP contribution in [0.15, 0.2) is 48.5 Å². The number of carbonyl (C=O) groups excluding carboxylic acids is 2. The number of nitrogens with zero attached hydrogens (tertiary/aromatic N) is 2. The fourth-order valence-corrected chi connectivity index (χ4v) is 3.22. The summed E-state index contributed by atoms with van der Waals surface area (Å²) in [7, 11) is 1.58. The standard InChI is InChI=1S/C25H31N3O4/c1-18(2)32-22-12-11-20(17-23(22)31-4)19(3)27-24(29)13-14-25(30)28(16-8-15-26)21-9-6-5-7-10-21/h5-7,9-12,17-19H,8,13-14,16H2,1-4H3,(H,27,29). The summed E-state index contributed by atoms with van der Waals surface area (Å²) < 4.78 is 11.1. The summed E-state index contributed by atoms with van der Waals surface area (Å²) in [6, 6.07) is 16.5. The van der Waals surface area contributed by atoms with E-state index < -0.39 is 0 Å². The third-order valence-electron chi connectivity index (χ3n) is 4.81. The molecule has 7 nitrogen and oxygen atoms in total. The van der Waals surface area contributed by atoms with E-state index in [2.05, 4.69) is 11.4 Å². The second-order valence-corrected chi connectivity index (χ2v) is 7.66. The molecule has 2 rings (SSSR count). The van der Waals surface area contributed by atoms with Crippen molar-refractivity contribution in [3.63, 3.8) is 0 Å². The second kappa shape index (κ2) is 12.4. The Morgan fingerprint density at radius 3 is 2.41 bits per heavy atom. The van der Waals surface area contributed by atoms with Gasteiger partial charge < -0.3 is 19.7 Å². The second-order valence-electron chi connectivity index (χ2n) is 7.66. The van der Waals surface area contributed by atoms with Crippen molar-refractivity contribution < 1.29 is 19.1 Å². The first-order valence-corrected chi connectivity index (χ1v) is 10.7. The molecule has 1 atom stereocenters. The molecular formula is C25H31N3O4. The first-order valence-electron chi connectivity index (χ1n) is 10.7. The van der Waals surface area contributed by atoms with Gasteiger partial charge in [0.2, 0.25) is 11.8 Å². The monoisotopic (exact) mass is 437 g/mol. The smallest absolute Gasteiger partial charge is 0.227 e. The number of rotatable bonds is 11. The Bertz CT molecular complexity index is 938. The average Bonchev–Trinajstić information content (AvgIpc) is 2.78. The maximum absolute atomic E-state index is 12.7. The predicted molar refractivity (Wildman–Crippen MR) is 124 cm³/mol. The van der Waals surface area contributed by atoms with Crippen molar-refractivity contribution in [3.05, 3.63) is 54.1 Å². The van der Waals surface area contributed by atoms with E-state index in [1.807, 2.05) is 69.3 Å². The number of hydrogen-bond acceptors (Lipinski definition) is 5. The van der Waals surface area contributed by atoms with Gasteiger partial charge in [0, 0.05) is 25.1 Å². The van der Waals surface area contributed by atoms with Gasteiger partial charge in [-0.3, -0.25) is 9.59 Å². The highest BCUT2D eigenvalue weighted by atomic mass is 16.5. The topological polar surface area (TPSA) is 91.7 Å². The largest absolute Gasteiger partial charge is 0.493 e. The van der Waals surface area contributed by atoms with Crippen molar-refractivity contribution in [1.82, 2.24) is 5.32 Å². The molecule has 2 aromatic rings. The van der Waals surface area contributed by atoms with E-state index in [0.717, 1.165) is 11.3 Å². The lowest BCUT2D eigenvalue weighted by atomic mass is 10.1. The Morgan fingerprint density at radius 2 is 1.78 bits per heavy atom. The molecule has 0 aliphatic carbocycles. The molecule has 32 heavy (non-hydrogen) atoms. The minimum absolute atomic E-state index is 0.0213. The lowest BCUT2D eigenvalue weighted by molar-refractivity contribution is -0.125. The van der Waals surface area contributed by atoms with Crippen LogP contribution in [0.3, 0.4) is 0 Å². The zero-order valence-electron chi connectivity index (χ0n) is 19.1. The first kappa shape index (κ1) is 24.7. The van der Waals surface area contributed by atoms with Gasteiger partial charge in [0.15, 0.2) is 11.5 Å². The van der Waals surface area contributed by atoms with Gasteiger partial charge in [0.05, 0.1) is 31.7 Å². The van der Waals surface area contributed by atoms with Crippen LogP contribution < -0.4 is 19.7 Å². The number of para-hydroxylation sites is 1. The molecule has 0 spiro atoms. The molecular weight excluding hydrogens is 406 g/mol. The number of amides is 2. The normalized spacial score (nSPS) is 11.4. The summed E-state index contributed by atoms with van der Waals surface area (Å²) in [5.41, 5.74) is 1.59. The van der Waals surface area contributed by atoms with Crippen LogP contribution in [0.4, 0.5) is 5.69 Å². The predicted octanol–water partition coefficient (Wildman–Crippen LogP) is 4.39. The van der Waals surface area contributed by atoms with Gasteiger partial charge in [0.25, 0.3) is 0 Å². The van der Waals surface area contributed by atoms with Crippen molar-refractivity contribution in [1.29, 1.82) is 5.26 Å². The first-order chi connectivity index (χ1) is 15.3. The molecule has 0 aromatic heterocycles. The third-order valence-corrected chi connectivity index (χ3v) is 4.81. The zero-order chi connectivity index (χ0) is 23.5. The summed E-state index contributed by atoms with van der Waals surface area (Å²) in [6.07, 6.45) is 0.365. The fourth-order valence-electron chi connectivity index (χ4n) is 3.22. The van der Waals surface area contributed by atoms with Crippen LogP contribution in [0.2, 0.25) is 0 Å². The lowest BCUT2D eigenvalue weighted by Crippen LogP contribution is -2.33. The molecule has 0 bridgehead atoms. The number of nitrogens with one attached hydrogen (secondary N) is 1. The number of benzene rings is 2. The van der Waals surface area contributed by atoms with E-state index in [1.165, 1.54) is 0 Å². The quantitative estimate of drug-likeness (QED) is 0.563. The van der Waals surface area contributed by atoms with E-state index in [0.29, 0.717) is 18.0 Å². The molecule has 0 saturated heterocycles. The summed E-state index contributed by atoms with van der Waals surface area (Å²) in [5.74, 6) is 0.837. The molecule has 2 aromatic carbocycles. The molecule has 0 saturated carbocycles. The molecule has 0 aliphatic rings. The molecule has 0 aliphatic heterocycles. The summed E-state index contributed by atoms with van der Waals surface area (Å²) in [6.45, 7) is 6.05. The number of nitriles is 1. The highest BCUT2D eigenvalue weighted by molar-refractivity contribution is 5.95. The van der Waals surface area contributed by atoms with Gasteiger partial charge in [-0.05, 0) is 50.6 Å². The van der Waals surface area contributed by atoms with Gasteiger partial charge in [-0.2, -0.15) is 5.26 Å². The van der Waals surface area contributed by atoms with Gasteiger partial charge >= 0.3 is 0 Å². The highest BCUT2D eigenvalue weighted by Gasteiger charge is 2.18. The number of methoxy groups -OCH3 is 1. The Hall–Kier alpha value is -3.53. The van der Waals surface area contributed by atoms with Gasteiger partial charge in [-0.25, -0.2) is 0 Å². The van der Waals surface area contributed by atoms with E-state index in [9.17, 15) is 9.59 Å². The molecule has 1 unspecified atom stereocenters. The number of hydrogen-bond donors (Lipinski definition) is 1. The van der Waals surface area contributed by atoms with Gasteiger partial charge in [-0.1, -0.05) is 24.3 Å². The average molecular weight is 438 g/mol. The van der Waals surface area contributed by atoms with Crippen molar-refractivity contribution >= 4 is 17.5 Å². The molecule has 1 N–H and O–H groups in total. The Morgan fingerprint density at radius 1 is 1.06 bits per heavy atom. The van der Waals surface area contributed by atoms with E-state index in [-0.39, 0.29) is 43.2 Å². The molecule has 0 radical (unpaired) electrons. The van der Waals surface area contributed by atoms with Gasteiger partial charge in [-0.15, -0.1) is 0 Å². The maximum atomic E-state index is 12.7. The maximum Gasteiger partial charge on any atom is 0.227 e. The summed E-state index contributed by atoms with van der Waals surface area (Å²) >= 11 is 0. The molecule has 0 fully saturated rings. The van der Waals surface area contributed by atoms with Gasteiger partial charge in [0.1, 0.15) is 0 Å². The molecule has 7 heteroatoms. The summed E-state index contributed by atoms with van der Waals surface area (Å²) in [5, 5.41) is 11.8. The lowest BCUT2D eigenvalue weighted by Gasteiger charge is -2.22. The minimum atomic E-state index is -0.261. The molecule has 0 heterocycles. The van der Waals surface area contributed by atoms with Crippen LogP contribution in [0.5, 0.6) is 11.5 Å². The Labute approximate surface area is 189 Å². The van der Waals surface area contributed by atoms with Crippen molar-refractivity contribution in [2.75, 3.05) is 18.6 Å². The molecule has 170 valence electrons. The Balaban J connectivity index is 1.96. The number of ether oxygens (including phenoxy) is 2. The zero-order valence-corrected chi connectivity index (χ0v) is 19.1. The minimum Gasteiger partial charge on any atom is -0.493 e. The van der Waals surface area contributed by atoms with Crippen LogP contribution in [-0.4, -0.2) is 31.6 Å². The molecule has 2 amide bonds. The van der Waals surface area contributed by atoms with Crippen LogP contribution in [-0.2, 0) is 9.59 Å². The van der Waals surface area contributed by atoms with Crippen LogP contribution in [0, 0.1) is 11.3 Å². The SMILES string of the molecule is COc1cc(C(C)NC(=O)CCC(=O)N(CCC#N)c2ccccc2)ccc1OC(C)C.